The third-order valence-corrected chi connectivity index (χ3v) is 3.80. The predicted molar refractivity (Wildman–Crippen MR) is 95.3 cm³/mol. The number of carbonyl (C=O) groups is 4. The highest BCUT2D eigenvalue weighted by molar-refractivity contribution is 5.87. The summed E-state index contributed by atoms with van der Waals surface area (Å²) in [6.07, 6.45) is 0.0727. The van der Waals surface area contributed by atoms with E-state index in [1.165, 1.54) is 18.9 Å². The Balaban J connectivity index is 2.46. The van der Waals surface area contributed by atoms with Gasteiger partial charge in [0.1, 0.15) is 6.04 Å². The third kappa shape index (κ3) is 7.78. The molecule has 0 aliphatic carbocycles. The zero-order chi connectivity index (χ0) is 19.5. The van der Waals surface area contributed by atoms with Gasteiger partial charge in [0.2, 0.25) is 17.7 Å². The molecule has 1 atom stereocenters. The van der Waals surface area contributed by atoms with Crippen molar-refractivity contribution in [1.82, 2.24) is 15.5 Å². The number of nitrogens with one attached hydrogen (secondary N) is 2. The molecule has 0 heterocycles. The fraction of sp³-hybridized carbons (Fsp3) is 0.444. The summed E-state index contributed by atoms with van der Waals surface area (Å²) in [5.41, 5.74) is 0.815. The molecular weight excluding hydrogens is 338 g/mol. The van der Waals surface area contributed by atoms with Crippen LogP contribution in [0.2, 0.25) is 0 Å². The van der Waals surface area contributed by atoms with Crippen molar-refractivity contribution in [2.24, 2.45) is 0 Å². The Bertz CT molecular complexity index is 633. The first-order valence-electron chi connectivity index (χ1n) is 8.34. The molecule has 0 bridgehead atoms. The molecule has 1 aromatic carbocycles. The molecule has 0 spiro atoms. The molecule has 0 aliphatic heterocycles. The first-order chi connectivity index (χ1) is 12.3. The van der Waals surface area contributed by atoms with E-state index in [1.807, 2.05) is 6.07 Å². The minimum Gasteiger partial charge on any atom is -0.480 e. The van der Waals surface area contributed by atoms with Crippen LogP contribution in [0.3, 0.4) is 0 Å². The maximum absolute atomic E-state index is 12.2. The van der Waals surface area contributed by atoms with Crippen LogP contribution >= 0.6 is 0 Å². The molecule has 1 unspecified atom stereocenters. The molecule has 1 rings (SSSR count). The third-order valence-electron chi connectivity index (χ3n) is 3.80. The Labute approximate surface area is 152 Å². The van der Waals surface area contributed by atoms with Crippen LogP contribution in [0.4, 0.5) is 0 Å². The zero-order valence-electron chi connectivity index (χ0n) is 15.0. The van der Waals surface area contributed by atoms with Crippen LogP contribution in [0.15, 0.2) is 30.3 Å². The Morgan fingerprint density at radius 2 is 1.65 bits per heavy atom. The lowest BCUT2D eigenvalue weighted by Crippen LogP contribution is -2.44. The SMILES string of the molecule is CC(=O)NCCNC(=O)CCC(=O)N(C)C(Cc1ccccc1)C(=O)O. The molecule has 142 valence electrons. The van der Waals surface area contributed by atoms with Crippen molar-refractivity contribution in [3.8, 4) is 0 Å². The number of rotatable bonds is 10. The predicted octanol–water partition coefficient (Wildman–Crippen LogP) is 0.173. The average Bonchev–Trinajstić information content (AvgIpc) is 2.61. The lowest BCUT2D eigenvalue weighted by molar-refractivity contribution is -0.149. The van der Waals surface area contributed by atoms with Crippen LogP contribution in [0, 0.1) is 0 Å². The summed E-state index contributed by atoms with van der Waals surface area (Å²) >= 11 is 0. The molecule has 8 heteroatoms. The van der Waals surface area contributed by atoms with Gasteiger partial charge in [-0.15, -0.1) is 0 Å². The Kier molecular flexibility index (Phi) is 8.83. The van der Waals surface area contributed by atoms with Gasteiger partial charge in [0.15, 0.2) is 0 Å². The Morgan fingerprint density at radius 3 is 2.23 bits per heavy atom. The van der Waals surface area contributed by atoms with Gasteiger partial charge in [0.25, 0.3) is 0 Å². The maximum Gasteiger partial charge on any atom is 0.326 e. The number of carboxylic acids is 1. The number of carbonyl (C=O) groups excluding carboxylic acids is 3. The fourth-order valence-corrected chi connectivity index (χ4v) is 2.33. The van der Waals surface area contributed by atoms with Gasteiger partial charge < -0.3 is 20.6 Å². The number of likely N-dealkylation sites (N-methyl/N-ethyl adjacent to an activating group) is 1. The van der Waals surface area contributed by atoms with Gasteiger partial charge in [-0.25, -0.2) is 4.79 Å². The summed E-state index contributed by atoms with van der Waals surface area (Å²) in [7, 11) is 1.43. The quantitative estimate of drug-likeness (QED) is 0.513. The summed E-state index contributed by atoms with van der Waals surface area (Å²) in [5, 5.41) is 14.5. The summed E-state index contributed by atoms with van der Waals surface area (Å²) in [4.78, 5) is 47.3. The van der Waals surface area contributed by atoms with Crippen molar-refractivity contribution < 1.29 is 24.3 Å². The fourth-order valence-electron chi connectivity index (χ4n) is 2.33. The lowest BCUT2D eigenvalue weighted by Gasteiger charge is -2.25. The molecule has 1 aromatic rings. The molecule has 0 saturated carbocycles. The molecule has 3 amide bonds. The van der Waals surface area contributed by atoms with Gasteiger partial charge in [0.05, 0.1) is 0 Å². The van der Waals surface area contributed by atoms with Gasteiger partial charge in [-0.2, -0.15) is 0 Å². The maximum atomic E-state index is 12.2. The standard InChI is InChI=1S/C18H25N3O5/c1-13(22)19-10-11-20-16(23)8-9-17(24)21(2)15(18(25)26)12-14-6-4-3-5-7-14/h3-7,15H,8-12H2,1-2H3,(H,19,22)(H,20,23)(H,25,26). The van der Waals surface area contributed by atoms with Crippen molar-refractivity contribution in [3.63, 3.8) is 0 Å². The number of carboxylic acid groups (broad SMARTS) is 1. The van der Waals surface area contributed by atoms with Gasteiger partial charge in [-0.05, 0) is 5.56 Å². The topological polar surface area (TPSA) is 116 Å². The van der Waals surface area contributed by atoms with Gasteiger partial charge >= 0.3 is 5.97 Å². The lowest BCUT2D eigenvalue weighted by atomic mass is 10.0. The number of nitrogens with zero attached hydrogens (tertiary/aromatic N) is 1. The van der Waals surface area contributed by atoms with E-state index in [4.69, 9.17) is 0 Å². The van der Waals surface area contributed by atoms with Crippen LogP contribution in [0.1, 0.15) is 25.3 Å². The van der Waals surface area contributed by atoms with E-state index in [0.717, 1.165) is 5.56 Å². The van der Waals surface area contributed by atoms with Gasteiger partial charge in [-0.1, -0.05) is 30.3 Å². The number of hydrogen-bond acceptors (Lipinski definition) is 4. The highest BCUT2D eigenvalue weighted by atomic mass is 16.4. The van der Waals surface area contributed by atoms with Crippen molar-refractivity contribution in [1.29, 1.82) is 0 Å². The first kappa shape index (κ1) is 21.1. The Hall–Kier alpha value is -2.90. The van der Waals surface area contributed by atoms with E-state index in [1.54, 1.807) is 24.3 Å². The molecule has 0 radical (unpaired) electrons. The van der Waals surface area contributed by atoms with Gasteiger partial charge in [-0.3, -0.25) is 14.4 Å². The molecule has 0 aromatic heterocycles. The molecule has 8 nitrogen and oxygen atoms in total. The molecule has 26 heavy (non-hydrogen) atoms. The van der Waals surface area contributed by atoms with Crippen molar-refractivity contribution in [2.75, 3.05) is 20.1 Å². The minimum absolute atomic E-state index is 0.0408. The van der Waals surface area contributed by atoms with Crippen LogP contribution < -0.4 is 10.6 Å². The summed E-state index contributed by atoms with van der Waals surface area (Å²) in [6, 6.07) is 8.06. The summed E-state index contributed by atoms with van der Waals surface area (Å²) in [5.74, 6) is -2.02. The first-order valence-corrected chi connectivity index (χ1v) is 8.34. The second-order valence-corrected chi connectivity index (χ2v) is 5.88. The molecule has 3 N–H and O–H groups in total. The van der Waals surface area contributed by atoms with Crippen molar-refractivity contribution in [3.05, 3.63) is 35.9 Å². The monoisotopic (exact) mass is 363 g/mol. The van der Waals surface area contributed by atoms with Crippen molar-refractivity contribution >= 4 is 23.7 Å². The van der Waals surface area contributed by atoms with E-state index in [0.29, 0.717) is 6.54 Å². The summed E-state index contributed by atoms with van der Waals surface area (Å²) < 4.78 is 0. The molecular formula is C18H25N3O5. The van der Waals surface area contributed by atoms with Crippen LogP contribution in [0.25, 0.3) is 0 Å². The molecule has 0 saturated heterocycles. The van der Waals surface area contributed by atoms with Crippen LogP contribution in [-0.2, 0) is 25.6 Å². The van der Waals surface area contributed by atoms with Crippen molar-refractivity contribution in [2.45, 2.75) is 32.2 Å². The Morgan fingerprint density at radius 1 is 1.04 bits per heavy atom. The van der Waals surface area contributed by atoms with E-state index >= 15 is 0 Å². The number of hydrogen-bond donors (Lipinski definition) is 3. The zero-order valence-corrected chi connectivity index (χ0v) is 15.0. The minimum atomic E-state index is -1.09. The van der Waals surface area contributed by atoms with E-state index in [9.17, 15) is 24.3 Å². The van der Waals surface area contributed by atoms with E-state index in [2.05, 4.69) is 10.6 Å². The molecule has 0 aliphatic rings. The molecule has 0 fully saturated rings. The largest absolute Gasteiger partial charge is 0.480 e. The highest BCUT2D eigenvalue weighted by Gasteiger charge is 2.26. The van der Waals surface area contributed by atoms with Gasteiger partial charge in [0, 0.05) is 46.3 Å². The second kappa shape index (κ2) is 10.9. The van der Waals surface area contributed by atoms with E-state index in [-0.39, 0.29) is 37.6 Å². The summed E-state index contributed by atoms with van der Waals surface area (Å²) in [6.45, 7) is 1.96. The number of aliphatic carboxylic acids is 1. The smallest absolute Gasteiger partial charge is 0.326 e. The number of benzene rings is 1. The average molecular weight is 363 g/mol. The van der Waals surface area contributed by atoms with Crippen LogP contribution in [-0.4, -0.2) is 59.9 Å². The number of amides is 3. The second-order valence-electron chi connectivity index (χ2n) is 5.88. The normalized spacial score (nSPS) is 11.3. The van der Waals surface area contributed by atoms with E-state index < -0.39 is 17.9 Å². The highest BCUT2D eigenvalue weighted by Crippen LogP contribution is 2.10. The van der Waals surface area contributed by atoms with Crippen LogP contribution in [0.5, 0.6) is 0 Å².